The van der Waals surface area contributed by atoms with Crippen LogP contribution in [0.2, 0.25) is 5.02 Å². The van der Waals surface area contributed by atoms with Crippen LogP contribution in [-0.4, -0.2) is 28.6 Å². The summed E-state index contributed by atoms with van der Waals surface area (Å²) in [7, 11) is 0. The largest absolute Gasteiger partial charge is 0.490 e. The minimum Gasteiger partial charge on any atom is -0.490 e. The van der Waals surface area contributed by atoms with Gasteiger partial charge in [0.2, 0.25) is 0 Å². The summed E-state index contributed by atoms with van der Waals surface area (Å²) in [6.45, 7) is 4.73. The summed E-state index contributed by atoms with van der Waals surface area (Å²) in [5.74, 6) is 0.426. The molecule has 2 heterocycles. The van der Waals surface area contributed by atoms with Crippen molar-refractivity contribution in [2.45, 2.75) is 26.9 Å². The first-order valence-corrected chi connectivity index (χ1v) is 12.0. The van der Waals surface area contributed by atoms with Crippen molar-refractivity contribution in [3.63, 3.8) is 0 Å². The van der Waals surface area contributed by atoms with Crippen LogP contribution < -0.4 is 15.0 Å². The van der Waals surface area contributed by atoms with Gasteiger partial charge in [-0.25, -0.2) is 9.78 Å². The molecule has 0 spiro atoms. The normalized spacial score (nSPS) is 11.4. The summed E-state index contributed by atoms with van der Waals surface area (Å²) in [5.41, 5.74) is 1.64. The number of hydrogen-bond acceptors (Lipinski definition) is 7. The average molecular weight is 499 g/mol. The monoisotopic (exact) mass is 498 g/mol. The molecule has 4 rings (SSSR count). The summed E-state index contributed by atoms with van der Waals surface area (Å²) in [4.78, 5) is 29.9. The Kier molecular flexibility index (Phi) is 7.49. The molecule has 0 unspecified atom stereocenters. The maximum absolute atomic E-state index is 12.6. The van der Waals surface area contributed by atoms with Crippen molar-refractivity contribution < 1.29 is 19.0 Å². The van der Waals surface area contributed by atoms with Gasteiger partial charge in [-0.2, -0.15) is 0 Å². The number of esters is 1. The Bertz CT molecular complexity index is 1430. The van der Waals surface area contributed by atoms with Crippen molar-refractivity contribution in [1.82, 2.24) is 9.38 Å². The minimum atomic E-state index is -0.571. The van der Waals surface area contributed by atoms with E-state index in [0.717, 1.165) is 16.6 Å². The molecule has 4 aromatic rings. The Morgan fingerprint density at radius 2 is 2.00 bits per heavy atom. The number of rotatable bonds is 9. The molecule has 0 N–H and O–H groups in total. The third kappa shape index (κ3) is 5.24. The second kappa shape index (κ2) is 10.7. The number of fused-ring (bicyclic) bond motifs is 3. The fourth-order valence-corrected chi connectivity index (χ4v) is 4.67. The van der Waals surface area contributed by atoms with Gasteiger partial charge in [-0.05, 0) is 49.2 Å². The molecule has 2 aromatic carbocycles. The van der Waals surface area contributed by atoms with E-state index >= 15 is 0 Å². The highest BCUT2D eigenvalue weighted by atomic mass is 35.5. The first-order valence-electron chi connectivity index (χ1n) is 10.8. The Hall–Kier alpha value is -3.36. The Balaban J connectivity index is 1.46. The topological polar surface area (TPSA) is 79.1 Å². The quantitative estimate of drug-likeness (QED) is 0.224. The number of benzene rings is 2. The fourth-order valence-electron chi connectivity index (χ4n) is 3.35. The van der Waals surface area contributed by atoms with Crippen molar-refractivity contribution in [2.24, 2.45) is 0 Å². The molecule has 0 radical (unpaired) electrons. The van der Waals surface area contributed by atoms with Crippen LogP contribution in [0.1, 0.15) is 31.5 Å². The molecule has 2 aromatic heterocycles. The Morgan fingerprint density at radius 3 is 2.79 bits per heavy atom. The number of halogens is 1. The smallest absolute Gasteiger partial charge is 0.331 e. The number of thiazole rings is 1. The highest BCUT2D eigenvalue weighted by Crippen LogP contribution is 2.37. The maximum Gasteiger partial charge on any atom is 0.331 e. The molecule has 0 aliphatic heterocycles. The van der Waals surface area contributed by atoms with Crippen LogP contribution in [0.5, 0.6) is 11.5 Å². The van der Waals surface area contributed by atoms with Gasteiger partial charge in [-0.3, -0.25) is 9.20 Å². The molecule has 0 aliphatic carbocycles. The zero-order chi connectivity index (χ0) is 24.1. The van der Waals surface area contributed by atoms with Gasteiger partial charge in [0.05, 0.1) is 34.1 Å². The van der Waals surface area contributed by atoms with E-state index in [1.165, 1.54) is 23.5 Å². The Morgan fingerprint density at radius 1 is 1.18 bits per heavy atom. The molecule has 0 fully saturated rings. The number of hydrogen-bond donors (Lipinski definition) is 0. The van der Waals surface area contributed by atoms with E-state index in [1.54, 1.807) is 22.6 Å². The third-order valence-corrected chi connectivity index (χ3v) is 6.11. The second-order valence-electron chi connectivity index (χ2n) is 7.33. The molecule has 0 saturated heterocycles. The first-order chi connectivity index (χ1) is 16.5. The lowest BCUT2D eigenvalue weighted by Gasteiger charge is -2.14. The lowest BCUT2D eigenvalue weighted by atomic mass is 10.2. The van der Waals surface area contributed by atoms with Crippen molar-refractivity contribution >= 4 is 50.2 Å². The van der Waals surface area contributed by atoms with Crippen LogP contribution in [0.15, 0.2) is 53.3 Å². The van der Waals surface area contributed by atoms with Crippen LogP contribution in [0.25, 0.3) is 21.3 Å². The van der Waals surface area contributed by atoms with Gasteiger partial charge in [0, 0.05) is 12.1 Å². The number of ether oxygens (including phenoxy) is 3. The summed E-state index contributed by atoms with van der Waals surface area (Å²) in [6, 6.07) is 12.4. The van der Waals surface area contributed by atoms with Crippen LogP contribution in [0.4, 0.5) is 0 Å². The van der Waals surface area contributed by atoms with E-state index in [-0.39, 0.29) is 12.2 Å². The summed E-state index contributed by atoms with van der Waals surface area (Å²) >= 11 is 7.77. The van der Waals surface area contributed by atoms with E-state index in [1.807, 2.05) is 38.1 Å². The molecule has 9 heteroatoms. The number of nitrogens with zero attached hydrogens (tertiary/aromatic N) is 2. The van der Waals surface area contributed by atoms with Gasteiger partial charge in [0.1, 0.15) is 6.61 Å². The Labute approximate surface area is 205 Å². The average Bonchev–Trinajstić information content (AvgIpc) is 3.20. The summed E-state index contributed by atoms with van der Waals surface area (Å²) in [6.07, 6.45) is 3.71. The standard InChI is InChI=1S/C25H23ClN2O5S/c1-3-11-32-24-18(26)12-16(13-20(24)31-4-2)9-10-23(30)33-15-17-14-22(29)28-19-7-5-6-8-21(19)34-25(28)27-17/h5-10,12-14H,3-4,11,15H2,1-2H3/b10-9+. The van der Waals surface area contributed by atoms with E-state index in [0.29, 0.717) is 46.0 Å². The molecular weight excluding hydrogens is 476 g/mol. The zero-order valence-corrected chi connectivity index (χ0v) is 20.3. The molecule has 0 amide bonds. The van der Waals surface area contributed by atoms with Gasteiger partial charge in [-0.1, -0.05) is 42.0 Å². The molecule has 34 heavy (non-hydrogen) atoms. The van der Waals surface area contributed by atoms with E-state index in [2.05, 4.69) is 4.98 Å². The van der Waals surface area contributed by atoms with Gasteiger partial charge in [-0.15, -0.1) is 0 Å². The number of carbonyl (C=O) groups excluding carboxylic acids is 1. The lowest BCUT2D eigenvalue weighted by Crippen LogP contribution is -2.15. The SMILES string of the molecule is CCCOc1c(Cl)cc(/C=C/C(=O)OCc2cc(=O)n3c(n2)sc2ccccc23)cc1OCC. The van der Waals surface area contributed by atoms with Crippen LogP contribution in [0.3, 0.4) is 0 Å². The number of aromatic nitrogens is 2. The summed E-state index contributed by atoms with van der Waals surface area (Å²) in [5, 5.41) is 0.397. The van der Waals surface area contributed by atoms with Crippen LogP contribution in [0, 0.1) is 0 Å². The fraction of sp³-hybridized carbons (Fsp3) is 0.240. The van der Waals surface area contributed by atoms with Crippen molar-refractivity contribution in [2.75, 3.05) is 13.2 Å². The van der Waals surface area contributed by atoms with Crippen molar-refractivity contribution in [3.05, 3.63) is 75.2 Å². The second-order valence-corrected chi connectivity index (χ2v) is 8.74. The molecule has 7 nitrogen and oxygen atoms in total. The molecular formula is C25H23ClN2O5S. The molecule has 0 atom stereocenters. The summed E-state index contributed by atoms with van der Waals surface area (Å²) < 4.78 is 19.1. The molecule has 0 bridgehead atoms. The predicted molar refractivity (Wildman–Crippen MR) is 134 cm³/mol. The van der Waals surface area contributed by atoms with E-state index in [4.69, 9.17) is 25.8 Å². The van der Waals surface area contributed by atoms with Gasteiger partial charge < -0.3 is 14.2 Å². The highest BCUT2D eigenvalue weighted by molar-refractivity contribution is 7.23. The van der Waals surface area contributed by atoms with Crippen LogP contribution in [-0.2, 0) is 16.1 Å². The van der Waals surface area contributed by atoms with Crippen molar-refractivity contribution in [1.29, 1.82) is 0 Å². The van der Waals surface area contributed by atoms with Gasteiger partial charge in [0.15, 0.2) is 16.5 Å². The molecule has 0 aliphatic rings. The van der Waals surface area contributed by atoms with Crippen molar-refractivity contribution in [3.8, 4) is 11.5 Å². The van der Waals surface area contributed by atoms with Gasteiger partial charge in [0.25, 0.3) is 5.56 Å². The number of carbonyl (C=O) groups is 1. The van der Waals surface area contributed by atoms with E-state index in [9.17, 15) is 9.59 Å². The molecule has 0 saturated carbocycles. The number of para-hydroxylation sites is 1. The predicted octanol–water partition coefficient (Wildman–Crippen LogP) is 5.51. The minimum absolute atomic E-state index is 0.113. The van der Waals surface area contributed by atoms with Gasteiger partial charge >= 0.3 is 5.97 Å². The van der Waals surface area contributed by atoms with Crippen LogP contribution >= 0.6 is 22.9 Å². The zero-order valence-electron chi connectivity index (χ0n) is 18.7. The highest BCUT2D eigenvalue weighted by Gasteiger charge is 2.13. The lowest BCUT2D eigenvalue weighted by molar-refractivity contribution is -0.139. The van der Waals surface area contributed by atoms with E-state index < -0.39 is 5.97 Å². The maximum atomic E-state index is 12.6. The first kappa shape index (κ1) is 23.8. The molecule has 176 valence electrons. The third-order valence-electron chi connectivity index (χ3n) is 4.80.